The molecule has 0 saturated carbocycles. The van der Waals surface area contributed by atoms with Gasteiger partial charge in [-0.05, 0) is 24.8 Å². The van der Waals surface area contributed by atoms with Gasteiger partial charge in [0.2, 0.25) is 0 Å². The van der Waals surface area contributed by atoms with E-state index in [1.54, 1.807) is 12.3 Å². The maximum atomic E-state index is 5.94. The van der Waals surface area contributed by atoms with Crippen LogP contribution in [0.4, 0.5) is 5.82 Å². The molecule has 1 unspecified atom stereocenters. The number of aromatic nitrogens is 3. The highest BCUT2D eigenvalue weighted by molar-refractivity contribution is 7.98. The van der Waals surface area contributed by atoms with Crippen molar-refractivity contribution in [2.45, 2.75) is 18.1 Å². The lowest BCUT2D eigenvalue weighted by Crippen LogP contribution is -2.08. The second kappa shape index (κ2) is 6.02. The standard InChI is InChI=1S/C12H13ClN4S/c1-8(9-4-3-5-14-7-9)15-11-6-10(13)16-12(17-11)18-2/h3-8H,1-2H3,(H,15,16,17). The normalized spacial score (nSPS) is 12.2. The lowest BCUT2D eigenvalue weighted by molar-refractivity contribution is 0.849. The SMILES string of the molecule is CSc1nc(Cl)cc(NC(C)c2cccnc2)n1. The molecular weight excluding hydrogens is 268 g/mol. The molecule has 2 aromatic heterocycles. The molecule has 0 fully saturated rings. The van der Waals surface area contributed by atoms with Crippen molar-refractivity contribution >= 4 is 29.2 Å². The van der Waals surface area contributed by atoms with Crippen molar-refractivity contribution in [3.63, 3.8) is 0 Å². The van der Waals surface area contributed by atoms with Crippen LogP contribution in [-0.2, 0) is 0 Å². The van der Waals surface area contributed by atoms with Gasteiger partial charge >= 0.3 is 0 Å². The summed E-state index contributed by atoms with van der Waals surface area (Å²) in [5, 5.41) is 4.38. The van der Waals surface area contributed by atoms with E-state index in [1.807, 2.05) is 31.5 Å². The Morgan fingerprint density at radius 1 is 1.39 bits per heavy atom. The lowest BCUT2D eigenvalue weighted by atomic mass is 10.1. The van der Waals surface area contributed by atoms with Crippen molar-refractivity contribution in [1.29, 1.82) is 0 Å². The van der Waals surface area contributed by atoms with Gasteiger partial charge in [-0.15, -0.1) is 0 Å². The highest BCUT2D eigenvalue weighted by atomic mass is 35.5. The zero-order valence-corrected chi connectivity index (χ0v) is 11.7. The summed E-state index contributed by atoms with van der Waals surface area (Å²) >= 11 is 7.40. The molecule has 0 aliphatic heterocycles. The Morgan fingerprint density at radius 3 is 2.89 bits per heavy atom. The third-order valence-electron chi connectivity index (χ3n) is 2.41. The topological polar surface area (TPSA) is 50.7 Å². The molecule has 0 aliphatic rings. The number of pyridine rings is 1. The van der Waals surface area contributed by atoms with Crippen LogP contribution in [0.5, 0.6) is 0 Å². The molecule has 0 aromatic carbocycles. The molecule has 1 atom stereocenters. The van der Waals surface area contributed by atoms with E-state index in [1.165, 1.54) is 11.8 Å². The van der Waals surface area contributed by atoms with Crippen LogP contribution in [0.3, 0.4) is 0 Å². The molecule has 0 spiro atoms. The lowest BCUT2D eigenvalue weighted by Gasteiger charge is -2.14. The van der Waals surface area contributed by atoms with Gasteiger partial charge in [0, 0.05) is 18.5 Å². The van der Waals surface area contributed by atoms with Gasteiger partial charge in [-0.2, -0.15) is 0 Å². The number of thioether (sulfide) groups is 1. The van der Waals surface area contributed by atoms with Crippen molar-refractivity contribution in [1.82, 2.24) is 15.0 Å². The zero-order valence-electron chi connectivity index (χ0n) is 10.1. The Bertz CT molecular complexity index is 521. The van der Waals surface area contributed by atoms with Crippen molar-refractivity contribution in [3.8, 4) is 0 Å². The minimum absolute atomic E-state index is 0.111. The van der Waals surface area contributed by atoms with E-state index in [9.17, 15) is 0 Å². The quantitative estimate of drug-likeness (QED) is 0.528. The molecule has 0 radical (unpaired) electrons. The minimum atomic E-state index is 0.111. The maximum Gasteiger partial charge on any atom is 0.190 e. The molecule has 2 aromatic rings. The van der Waals surface area contributed by atoms with E-state index in [0.717, 1.165) is 11.4 Å². The fourth-order valence-electron chi connectivity index (χ4n) is 1.50. The number of nitrogens with zero attached hydrogens (tertiary/aromatic N) is 3. The fourth-order valence-corrected chi connectivity index (χ4v) is 2.11. The molecule has 0 bridgehead atoms. The third kappa shape index (κ3) is 3.34. The van der Waals surface area contributed by atoms with Gasteiger partial charge < -0.3 is 5.32 Å². The number of rotatable bonds is 4. The van der Waals surface area contributed by atoms with Gasteiger partial charge in [0.1, 0.15) is 11.0 Å². The van der Waals surface area contributed by atoms with Crippen LogP contribution in [0, 0.1) is 0 Å². The molecule has 0 saturated heterocycles. The third-order valence-corrected chi connectivity index (χ3v) is 3.15. The Morgan fingerprint density at radius 2 is 2.22 bits per heavy atom. The van der Waals surface area contributed by atoms with Crippen LogP contribution in [0.2, 0.25) is 5.15 Å². The van der Waals surface area contributed by atoms with E-state index in [2.05, 4.69) is 20.3 Å². The highest BCUT2D eigenvalue weighted by Gasteiger charge is 2.08. The van der Waals surface area contributed by atoms with Gasteiger partial charge in [-0.25, -0.2) is 9.97 Å². The Balaban J connectivity index is 2.16. The summed E-state index contributed by atoms with van der Waals surface area (Å²) < 4.78 is 0. The molecular formula is C12H13ClN4S. The summed E-state index contributed by atoms with van der Waals surface area (Å²) in [7, 11) is 0. The summed E-state index contributed by atoms with van der Waals surface area (Å²) in [6.07, 6.45) is 5.50. The second-order valence-electron chi connectivity index (χ2n) is 3.71. The molecule has 6 heteroatoms. The van der Waals surface area contributed by atoms with Crippen LogP contribution >= 0.6 is 23.4 Å². The maximum absolute atomic E-state index is 5.94. The van der Waals surface area contributed by atoms with Gasteiger partial charge in [0.25, 0.3) is 0 Å². The summed E-state index contributed by atoms with van der Waals surface area (Å²) in [5.74, 6) is 0.718. The van der Waals surface area contributed by atoms with Gasteiger partial charge in [-0.3, -0.25) is 4.98 Å². The number of hydrogen-bond acceptors (Lipinski definition) is 5. The predicted octanol–water partition coefficient (Wildman–Crippen LogP) is 3.42. The number of nitrogens with one attached hydrogen (secondary N) is 1. The van der Waals surface area contributed by atoms with Gasteiger partial charge in [0.15, 0.2) is 5.16 Å². The first-order valence-electron chi connectivity index (χ1n) is 5.44. The molecule has 18 heavy (non-hydrogen) atoms. The van der Waals surface area contributed by atoms with E-state index in [0.29, 0.717) is 10.3 Å². The van der Waals surface area contributed by atoms with E-state index in [4.69, 9.17) is 11.6 Å². The second-order valence-corrected chi connectivity index (χ2v) is 4.88. The summed E-state index contributed by atoms with van der Waals surface area (Å²) in [6.45, 7) is 2.05. The molecule has 94 valence electrons. The Kier molecular flexibility index (Phi) is 4.38. The molecule has 0 aliphatic carbocycles. The average Bonchev–Trinajstić information content (AvgIpc) is 2.39. The molecule has 2 heterocycles. The fraction of sp³-hybridized carbons (Fsp3) is 0.250. The van der Waals surface area contributed by atoms with Crippen LogP contribution in [0.25, 0.3) is 0 Å². The summed E-state index contributed by atoms with van der Waals surface area (Å²) in [6, 6.07) is 5.75. The Hall–Kier alpha value is -1.33. The van der Waals surface area contributed by atoms with Crippen LogP contribution < -0.4 is 5.32 Å². The van der Waals surface area contributed by atoms with Crippen LogP contribution in [-0.4, -0.2) is 21.2 Å². The van der Waals surface area contributed by atoms with E-state index < -0.39 is 0 Å². The smallest absolute Gasteiger partial charge is 0.190 e. The average molecular weight is 281 g/mol. The van der Waals surface area contributed by atoms with Crippen molar-refractivity contribution in [3.05, 3.63) is 41.3 Å². The van der Waals surface area contributed by atoms with Crippen molar-refractivity contribution in [2.24, 2.45) is 0 Å². The number of anilines is 1. The number of halogens is 1. The summed E-state index contributed by atoms with van der Waals surface area (Å²) in [4.78, 5) is 12.5. The van der Waals surface area contributed by atoms with Crippen molar-refractivity contribution < 1.29 is 0 Å². The van der Waals surface area contributed by atoms with Crippen molar-refractivity contribution in [2.75, 3.05) is 11.6 Å². The Labute approximate surface area is 115 Å². The molecule has 1 N–H and O–H groups in total. The monoisotopic (exact) mass is 280 g/mol. The molecule has 0 amide bonds. The van der Waals surface area contributed by atoms with E-state index >= 15 is 0 Å². The van der Waals surface area contributed by atoms with Gasteiger partial charge in [-0.1, -0.05) is 29.4 Å². The first-order valence-corrected chi connectivity index (χ1v) is 7.04. The molecule has 4 nitrogen and oxygen atoms in total. The largest absolute Gasteiger partial charge is 0.363 e. The number of hydrogen-bond donors (Lipinski definition) is 1. The van der Waals surface area contributed by atoms with Crippen LogP contribution in [0.1, 0.15) is 18.5 Å². The minimum Gasteiger partial charge on any atom is -0.363 e. The zero-order chi connectivity index (χ0) is 13.0. The van der Waals surface area contributed by atoms with E-state index in [-0.39, 0.29) is 6.04 Å². The summed E-state index contributed by atoms with van der Waals surface area (Å²) in [5.41, 5.74) is 1.10. The van der Waals surface area contributed by atoms with Crippen LogP contribution in [0.15, 0.2) is 35.7 Å². The van der Waals surface area contributed by atoms with Gasteiger partial charge in [0.05, 0.1) is 6.04 Å². The predicted molar refractivity (Wildman–Crippen MR) is 75.1 cm³/mol. The first kappa shape index (κ1) is 13.1. The highest BCUT2D eigenvalue weighted by Crippen LogP contribution is 2.21. The molecule has 2 rings (SSSR count). The first-order chi connectivity index (χ1) is 8.69.